The topological polar surface area (TPSA) is 85.0 Å². The minimum Gasteiger partial charge on any atom is -0.423 e. The molecule has 0 aliphatic carbocycles. The number of nitrogens with zero attached hydrogens (tertiary/aromatic N) is 1. The van der Waals surface area contributed by atoms with Gasteiger partial charge < -0.3 is 25.0 Å². The van der Waals surface area contributed by atoms with Gasteiger partial charge in [0.15, 0.2) is 0 Å². The molecule has 1 unspecified atom stereocenters. The predicted molar refractivity (Wildman–Crippen MR) is 99.3 cm³/mol. The fourth-order valence-corrected chi connectivity index (χ4v) is 3.18. The molecule has 3 N–H and O–H groups in total. The first-order valence-electron chi connectivity index (χ1n) is 8.56. The fourth-order valence-electron chi connectivity index (χ4n) is 2.89. The van der Waals surface area contributed by atoms with Crippen LogP contribution in [0.5, 0.6) is 5.75 Å². The van der Waals surface area contributed by atoms with E-state index < -0.39 is 19.3 Å². The van der Waals surface area contributed by atoms with Crippen molar-refractivity contribution >= 4 is 30.3 Å². The molecule has 0 spiro atoms. The first kappa shape index (κ1) is 20.0. The second-order valence-corrected chi connectivity index (χ2v) is 7.54. The summed E-state index contributed by atoms with van der Waals surface area (Å²) in [6.45, 7) is 8.71. The van der Waals surface area contributed by atoms with Crippen molar-refractivity contribution in [3.63, 3.8) is 0 Å². The van der Waals surface area contributed by atoms with Crippen LogP contribution in [0.15, 0.2) is 12.1 Å². The van der Waals surface area contributed by atoms with Gasteiger partial charge in [0.1, 0.15) is 5.75 Å². The Morgan fingerprint density at radius 2 is 2.16 bits per heavy atom. The van der Waals surface area contributed by atoms with Gasteiger partial charge in [-0.3, -0.25) is 0 Å². The van der Waals surface area contributed by atoms with Crippen LogP contribution < -0.4 is 15.9 Å². The highest BCUT2D eigenvalue weighted by molar-refractivity contribution is 6.63. The maximum Gasteiger partial charge on any atom is 0.495 e. The Hall–Kier alpha value is -1.28. The number of hydrogen-bond acceptors (Lipinski definition) is 5. The van der Waals surface area contributed by atoms with E-state index in [2.05, 4.69) is 6.92 Å². The second kappa shape index (κ2) is 7.95. The molecule has 2 rings (SSSR count). The first-order chi connectivity index (χ1) is 11.7. The van der Waals surface area contributed by atoms with Crippen LogP contribution in [0.1, 0.15) is 52.2 Å². The van der Waals surface area contributed by atoms with Crippen molar-refractivity contribution in [1.82, 2.24) is 4.90 Å². The summed E-state index contributed by atoms with van der Waals surface area (Å²) >= 11 is 6.22. The van der Waals surface area contributed by atoms with Crippen LogP contribution in [0.25, 0.3) is 0 Å². The molecule has 0 saturated heterocycles. The number of amides is 1. The van der Waals surface area contributed by atoms with Gasteiger partial charge >= 0.3 is 13.2 Å². The third-order valence-electron chi connectivity index (χ3n) is 4.23. The molecule has 0 bridgehead atoms. The largest absolute Gasteiger partial charge is 0.495 e. The monoisotopic (exact) mass is 368 g/mol. The Morgan fingerprint density at radius 3 is 2.72 bits per heavy atom. The van der Waals surface area contributed by atoms with Crippen molar-refractivity contribution in [2.45, 2.75) is 52.2 Å². The average Bonchev–Trinajstić information content (AvgIpc) is 2.87. The van der Waals surface area contributed by atoms with E-state index in [1.807, 2.05) is 20.8 Å². The number of fused-ring (bicyclic) bond motifs is 1. The Balaban J connectivity index is 2.31. The number of ether oxygens (including phenoxy) is 1. The van der Waals surface area contributed by atoms with Crippen molar-refractivity contribution < 1.29 is 19.2 Å². The predicted octanol–water partition coefficient (Wildman–Crippen LogP) is 2.46. The molecule has 1 atom stereocenters. The number of carbonyl (C=O) groups is 1. The molecule has 138 valence electrons. The third-order valence-corrected chi connectivity index (χ3v) is 4.56. The summed E-state index contributed by atoms with van der Waals surface area (Å²) in [6, 6.07) is 3.20. The zero-order chi connectivity index (χ0) is 18.8. The molecule has 1 heterocycles. The lowest BCUT2D eigenvalue weighted by Crippen LogP contribution is -2.48. The van der Waals surface area contributed by atoms with E-state index in [4.69, 9.17) is 26.7 Å². The Morgan fingerprint density at radius 1 is 1.48 bits per heavy atom. The van der Waals surface area contributed by atoms with E-state index >= 15 is 0 Å². The van der Waals surface area contributed by atoms with Gasteiger partial charge in [-0.25, -0.2) is 4.79 Å². The third kappa shape index (κ3) is 4.29. The number of hydrogen-bond donors (Lipinski definition) is 2. The van der Waals surface area contributed by atoms with Crippen LogP contribution in [-0.4, -0.2) is 41.8 Å². The van der Waals surface area contributed by atoms with Crippen LogP contribution in [0, 0.1) is 0 Å². The second-order valence-electron chi connectivity index (χ2n) is 7.13. The van der Waals surface area contributed by atoms with Gasteiger partial charge in [-0.2, -0.15) is 0 Å². The molecule has 0 aromatic heterocycles. The molecule has 25 heavy (non-hydrogen) atoms. The van der Waals surface area contributed by atoms with E-state index in [-0.39, 0.29) is 17.8 Å². The van der Waals surface area contributed by atoms with Gasteiger partial charge in [-0.05, 0) is 39.3 Å². The van der Waals surface area contributed by atoms with Gasteiger partial charge in [0.05, 0.1) is 6.10 Å². The van der Waals surface area contributed by atoms with Crippen LogP contribution in [0.4, 0.5) is 4.79 Å². The normalized spacial score (nSPS) is 16.8. The molecular weight excluding hydrogens is 342 g/mol. The summed E-state index contributed by atoms with van der Waals surface area (Å²) in [4.78, 5) is 14.4. The maximum atomic E-state index is 12.7. The molecule has 1 aromatic carbocycles. The zero-order valence-electron chi connectivity index (χ0n) is 15.2. The smallest absolute Gasteiger partial charge is 0.423 e. The minimum absolute atomic E-state index is 0.172. The molecule has 0 saturated carbocycles. The number of nitrogens with two attached hydrogens (primary N) is 1. The quantitative estimate of drug-likeness (QED) is 0.780. The summed E-state index contributed by atoms with van der Waals surface area (Å²) in [5.74, 6) is 0.249. The summed E-state index contributed by atoms with van der Waals surface area (Å²) < 4.78 is 11.0. The van der Waals surface area contributed by atoms with Gasteiger partial charge in [-0.15, -0.1) is 0 Å². The van der Waals surface area contributed by atoms with E-state index in [0.717, 1.165) is 12.8 Å². The highest BCUT2D eigenvalue weighted by atomic mass is 35.5. The summed E-state index contributed by atoms with van der Waals surface area (Å²) in [6.07, 6.45) is 0.872. The Bertz CT molecular complexity index is 636. The van der Waals surface area contributed by atoms with Crippen molar-refractivity contribution in [3.05, 3.63) is 22.7 Å². The number of unbranched alkanes of at least 4 members (excludes halogenated alkanes) is 1. The van der Waals surface area contributed by atoms with Gasteiger partial charge in [0.2, 0.25) is 0 Å². The Kier molecular flexibility index (Phi) is 6.38. The highest BCUT2D eigenvalue weighted by Crippen LogP contribution is 2.33. The van der Waals surface area contributed by atoms with Crippen LogP contribution in [0.3, 0.4) is 0 Å². The SMILES string of the molecule is CCCCN(C(=O)Oc1ccc(Cl)c2c1B(O)OC2CN)C(C)(C)C. The molecule has 8 heteroatoms. The Labute approximate surface area is 154 Å². The highest BCUT2D eigenvalue weighted by Gasteiger charge is 2.40. The van der Waals surface area contributed by atoms with Crippen LogP contribution in [0.2, 0.25) is 5.02 Å². The van der Waals surface area contributed by atoms with Crippen LogP contribution in [-0.2, 0) is 4.65 Å². The zero-order valence-corrected chi connectivity index (χ0v) is 16.0. The van der Waals surface area contributed by atoms with Gasteiger partial charge in [0, 0.05) is 34.7 Å². The van der Waals surface area contributed by atoms with E-state index in [1.54, 1.807) is 17.0 Å². The summed E-state index contributed by atoms with van der Waals surface area (Å²) in [5, 5.41) is 10.6. The minimum atomic E-state index is -1.22. The standard InChI is InChI=1S/C17H26BClN2O4/c1-5-6-9-21(17(2,3)4)16(22)24-12-8-7-11(19)14-13(10-20)25-18(23)15(12)14/h7-8,13,23H,5-6,9-10,20H2,1-4H3. The molecule has 1 aromatic rings. The van der Waals surface area contributed by atoms with E-state index in [1.165, 1.54) is 0 Å². The lowest BCUT2D eigenvalue weighted by Gasteiger charge is -2.34. The van der Waals surface area contributed by atoms with Crippen molar-refractivity contribution in [1.29, 1.82) is 0 Å². The summed E-state index contributed by atoms with van der Waals surface area (Å²) in [7, 11) is -1.22. The molecule has 1 aliphatic heterocycles. The maximum absolute atomic E-state index is 12.7. The summed E-state index contributed by atoms with van der Waals surface area (Å²) in [5.41, 5.74) is 6.26. The first-order valence-corrected chi connectivity index (χ1v) is 8.93. The lowest BCUT2D eigenvalue weighted by atomic mass is 9.78. The van der Waals surface area contributed by atoms with Crippen molar-refractivity contribution in [3.8, 4) is 5.75 Å². The van der Waals surface area contributed by atoms with E-state index in [0.29, 0.717) is 22.6 Å². The molecule has 0 radical (unpaired) electrons. The lowest BCUT2D eigenvalue weighted by molar-refractivity contribution is 0.106. The molecule has 1 amide bonds. The fraction of sp³-hybridized carbons (Fsp3) is 0.588. The number of carbonyl (C=O) groups excluding carboxylic acids is 1. The molecule has 0 fully saturated rings. The molecule has 6 nitrogen and oxygen atoms in total. The number of halogens is 1. The van der Waals surface area contributed by atoms with E-state index in [9.17, 15) is 9.82 Å². The molecule has 1 aliphatic rings. The van der Waals surface area contributed by atoms with Crippen molar-refractivity contribution in [2.24, 2.45) is 5.73 Å². The van der Waals surface area contributed by atoms with Crippen molar-refractivity contribution in [2.75, 3.05) is 13.1 Å². The van der Waals surface area contributed by atoms with Gasteiger partial charge in [-0.1, -0.05) is 24.9 Å². The van der Waals surface area contributed by atoms with Gasteiger partial charge in [0.25, 0.3) is 0 Å². The number of rotatable bonds is 5. The average molecular weight is 369 g/mol. The molecular formula is C17H26BClN2O4. The van der Waals surface area contributed by atoms with Crippen LogP contribution >= 0.6 is 11.6 Å². The number of benzene rings is 1.